The molecular formula is C18H25NO6. The molecule has 2 fully saturated rings. The molecule has 1 amide bonds. The fourth-order valence-electron chi connectivity index (χ4n) is 3.14. The molecule has 138 valence electrons. The number of rotatable bonds is 5. The highest BCUT2D eigenvalue weighted by Gasteiger charge is 2.50. The molecule has 2 aliphatic heterocycles. The zero-order valence-corrected chi connectivity index (χ0v) is 14.5. The summed E-state index contributed by atoms with van der Waals surface area (Å²) in [5.41, 5.74) is 0.869. The minimum Gasteiger partial charge on any atom is -0.388 e. The van der Waals surface area contributed by atoms with E-state index in [9.17, 15) is 9.90 Å². The Balaban J connectivity index is 1.74. The van der Waals surface area contributed by atoms with Crippen LogP contribution in [0.4, 0.5) is 0 Å². The van der Waals surface area contributed by atoms with Gasteiger partial charge in [-0.1, -0.05) is 37.3 Å². The van der Waals surface area contributed by atoms with E-state index >= 15 is 0 Å². The van der Waals surface area contributed by atoms with E-state index in [1.807, 2.05) is 37.3 Å². The van der Waals surface area contributed by atoms with Crippen molar-refractivity contribution < 1.29 is 28.8 Å². The first-order valence-electron chi connectivity index (χ1n) is 8.64. The van der Waals surface area contributed by atoms with Gasteiger partial charge >= 0.3 is 0 Å². The Bertz CT molecular complexity index is 568. The van der Waals surface area contributed by atoms with Crippen molar-refractivity contribution in [2.45, 2.75) is 57.2 Å². The van der Waals surface area contributed by atoms with Crippen LogP contribution in [0.1, 0.15) is 32.1 Å². The summed E-state index contributed by atoms with van der Waals surface area (Å²) in [4.78, 5) is 11.5. The van der Waals surface area contributed by atoms with Gasteiger partial charge in [-0.25, -0.2) is 0 Å². The lowest BCUT2D eigenvalue weighted by Gasteiger charge is -2.47. The molecule has 0 radical (unpaired) electrons. The Morgan fingerprint density at radius 3 is 2.76 bits per heavy atom. The zero-order chi connectivity index (χ0) is 17.8. The molecule has 0 spiro atoms. The van der Waals surface area contributed by atoms with Crippen molar-refractivity contribution in [3.05, 3.63) is 35.9 Å². The van der Waals surface area contributed by atoms with Crippen molar-refractivity contribution in [1.29, 1.82) is 0 Å². The van der Waals surface area contributed by atoms with E-state index in [1.54, 1.807) is 0 Å². The van der Waals surface area contributed by atoms with Crippen molar-refractivity contribution >= 4 is 5.91 Å². The van der Waals surface area contributed by atoms with Gasteiger partial charge in [0.1, 0.15) is 24.4 Å². The molecule has 2 N–H and O–H groups in total. The number of carbonyl (C=O) groups excluding carboxylic acids is 1. The van der Waals surface area contributed by atoms with Gasteiger partial charge in [-0.3, -0.25) is 4.79 Å². The quantitative estimate of drug-likeness (QED) is 0.827. The lowest BCUT2D eigenvalue weighted by atomic mass is 9.95. The number of nitrogens with one attached hydrogen (secondary N) is 1. The van der Waals surface area contributed by atoms with Crippen molar-refractivity contribution in [3.8, 4) is 0 Å². The molecular weight excluding hydrogens is 326 g/mol. The molecule has 0 bridgehead atoms. The summed E-state index contributed by atoms with van der Waals surface area (Å²) in [6.45, 7) is 4.12. The summed E-state index contributed by atoms with van der Waals surface area (Å²) in [6.07, 6.45) is -2.54. The summed E-state index contributed by atoms with van der Waals surface area (Å²) in [5, 5.41) is 13.5. The maximum absolute atomic E-state index is 11.5. The van der Waals surface area contributed by atoms with E-state index in [-0.39, 0.29) is 12.5 Å². The second-order valence-electron chi connectivity index (χ2n) is 6.31. The van der Waals surface area contributed by atoms with E-state index in [2.05, 4.69) is 5.32 Å². The number of carbonyl (C=O) groups is 1. The standard InChI is InChI=1S/C18H25NO6/c1-3-9-22-18-14(19-11(2)20)15(21)16-13(24-18)10-23-17(25-16)12-7-5-4-6-8-12/h4-8,13-18,21H,3,9-10H2,1-2H3,(H,19,20)/t13?,14?,15-,16-,17?,18-/m1/s1. The molecule has 7 nitrogen and oxygen atoms in total. The maximum atomic E-state index is 11.5. The average Bonchev–Trinajstić information content (AvgIpc) is 2.63. The van der Waals surface area contributed by atoms with Crippen LogP contribution in [-0.4, -0.2) is 54.9 Å². The first-order valence-corrected chi connectivity index (χ1v) is 8.64. The molecule has 1 aromatic rings. The average molecular weight is 351 g/mol. The Morgan fingerprint density at radius 2 is 2.08 bits per heavy atom. The minimum absolute atomic E-state index is 0.261. The van der Waals surface area contributed by atoms with E-state index in [0.717, 1.165) is 12.0 Å². The highest BCUT2D eigenvalue weighted by atomic mass is 16.7. The van der Waals surface area contributed by atoms with Crippen LogP contribution in [0, 0.1) is 0 Å². The Morgan fingerprint density at radius 1 is 1.32 bits per heavy atom. The number of fused-ring (bicyclic) bond motifs is 1. The summed E-state index contributed by atoms with van der Waals surface area (Å²) in [5.74, 6) is -0.261. The van der Waals surface area contributed by atoms with Crippen LogP contribution in [0.2, 0.25) is 0 Å². The van der Waals surface area contributed by atoms with Gasteiger partial charge in [-0.05, 0) is 6.42 Å². The molecule has 2 aliphatic rings. The normalized spacial score (nSPS) is 35.0. The van der Waals surface area contributed by atoms with E-state index in [0.29, 0.717) is 6.61 Å². The number of benzene rings is 1. The number of hydrogen-bond acceptors (Lipinski definition) is 6. The predicted octanol–water partition coefficient (Wildman–Crippen LogP) is 1.12. The monoisotopic (exact) mass is 351 g/mol. The number of ether oxygens (including phenoxy) is 4. The highest BCUT2D eigenvalue weighted by molar-refractivity contribution is 5.73. The summed E-state index contributed by atoms with van der Waals surface area (Å²) in [6, 6.07) is 8.82. The summed E-state index contributed by atoms with van der Waals surface area (Å²) < 4.78 is 23.3. The van der Waals surface area contributed by atoms with Crippen LogP contribution >= 0.6 is 0 Å². The van der Waals surface area contributed by atoms with Gasteiger partial charge in [0.05, 0.1) is 6.61 Å². The number of hydrogen-bond donors (Lipinski definition) is 2. The fraction of sp³-hybridized carbons (Fsp3) is 0.611. The third-order valence-corrected chi connectivity index (χ3v) is 4.29. The molecule has 0 saturated carbocycles. The molecule has 2 heterocycles. The molecule has 6 atom stereocenters. The third-order valence-electron chi connectivity index (χ3n) is 4.29. The Labute approximate surface area is 147 Å². The molecule has 1 aromatic carbocycles. The number of amides is 1. The summed E-state index contributed by atoms with van der Waals surface area (Å²) in [7, 11) is 0. The minimum atomic E-state index is -0.959. The fourth-order valence-corrected chi connectivity index (χ4v) is 3.14. The van der Waals surface area contributed by atoms with Crippen molar-refractivity contribution in [3.63, 3.8) is 0 Å². The molecule has 0 aromatic heterocycles. The molecule has 7 heteroatoms. The van der Waals surface area contributed by atoms with Gasteiger partial charge < -0.3 is 29.4 Å². The van der Waals surface area contributed by atoms with Crippen LogP contribution in [0.3, 0.4) is 0 Å². The summed E-state index contributed by atoms with van der Waals surface area (Å²) >= 11 is 0. The van der Waals surface area contributed by atoms with E-state index < -0.39 is 36.9 Å². The second-order valence-corrected chi connectivity index (χ2v) is 6.31. The second kappa shape index (κ2) is 8.25. The van der Waals surface area contributed by atoms with Gasteiger partial charge in [0.2, 0.25) is 5.91 Å². The van der Waals surface area contributed by atoms with Gasteiger partial charge in [0.15, 0.2) is 12.6 Å². The van der Waals surface area contributed by atoms with E-state index in [1.165, 1.54) is 6.92 Å². The van der Waals surface area contributed by atoms with Crippen LogP contribution in [0.5, 0.6) is 0 Å². The van der Waals surface area contributed by atoms with Crippen molar-refractivity contribution in [2.75, 3.05) is 13.2 Å². The van der Waals surface area contributed by atoms with Crippen molar-refractivity contribution in [1.82, 2.24) is 5.32 Å². The Kier molecular flexibility index (Phi) is 6.03. The van der Waals surface area contributed by atoms with Crippen LogP contribution in [0.25, 0.3) is 0 Å². The topological polar surface area (TPSA) is 86.2 Å². The molecule has 3 unspecified atom stereocenters. The SMILES string of the molecule is CCCO[C@@H]1OC2COC(c3ccccc3)O[C@H]2[C@H](O)C1NC(C)=O. The van der Waals surface area contributed by atoms with Crippen LogP contribution < -0.4 is 5.32 Å². The highest BCUT2D eigenvalue weighted by Crippen LogP contribution is 2.34. The maximum Gasteiger partial charge on any atom is 0.217 e. The lowest BCUT2D eigenvalue weighted by Crippen LogP contribution is -2.66. The van der Waals surface area contributed by atoms with Gasteiger partial charge in [0.25, 0.3) is 0 Å². The van der Waals surface area contributed by atoms with E-state index in [4.69, 9.17) is 18.9 Å². The predicted molar refractivity (Wildman–Crippen MR) is 88.5 cm³/mol. The lowest BCUT2D eigenvalue weighted by molar-refractivity contribution is -0.344. The Hall–Kier alpha value is -1.51. The molecule has 3 rings (SSSR count). The van der Waals surface area contributed by atoms with Crippen LogP contribution in [0.15, 0.2) is 30.3 Å². The smallest absolute Gasteiger partial charge is 0.217 e. The molecule has 0 aliphatic carbocycles. The number of aliphatic hydroxyl groups is 1. The zero-order valence-electron chi connectivity index (χ0n) is 14.5. The first kappa shape index (κ1) is 18.3. The third kappa shape index (κ3) is 4.19. The molecule has 25 heavy (non-hydrogen) atoms. The number of aliphatic hydroxyl groups excluding tert-OH is 1. The largest absolute Gasteiger partial charge is 0.388 e. The van der Waals surface area contributed by atoms with Gasteiger partial charge in [-0.2, -0.15) is 0 Å². The first-order chi connectivity index (χ1) is 12.1. The van der Waals surface area contributed by atoms with Gasteiger partial charge in [-0.15, -0.1) is 0 Å². The molecule has 2 saturated heterocycles. The van der Waals surface area contributed by atoms with Crippen molar-refractivity contribution in [2.24, 2.45) is 0 Å². The van der Waals surface area contributed by atoms with Gasteiger partial charge in [0, 0.05) is 19.1 Å². The van der Waals surface area contributed by atoms with Crippen LogP contribution in [-0.2, 0) is 23.7 Å².